The summed E-state index contributed by atoms with van der Waals surface area (Å²) in [4.78, 5) is 26.9. The van der Waals surface area contributed by atoms with Crippen molar-refractivity contribution >= 4 is 17.5 Å². The molecule has 0 aliphatic carbocycles. The van der Waals surface area contributed by atoms with Gasteiger partial charge in [0, 0.05) is 13.1 Å². The summed E-state index contributed by atoms with van der Waals surface area (Å²) in [5, 5.41) is 2.82. The van der Waals surface area contributed by atoms with Gasteiger partial charge in [0.05, 0.1) is 11.3 Å². The number of ether oxygens (including phenoxy) is 1. The lowest BCUT2D eigenvalue weighted by Crippen LogP contribution is -2.29. The van der Waals surface area contributed by atoms with Gasteiger partial charge in [-0.25, -0.2) is 0 Å². The first-order valence-electron chi connectivity index (χ1n) is 9.34. The third-order valence-electron chi connectivity index (χ3n) is 4.95. The molecule has 1 aliphatic heterocycles. The van der Waals surface area contributed by atoms with Crippen LogP contribution in [0.2, 0.25) is 0 Å². The second-order valence-corrected chi connectivity index (χ2v) is 7.09. The normalized spacial score (nSPS) is 13.5. The van der Waals surface area contributed by atoms with E-state index in [0.717, 1.165) is 42.6 Å². The van der Waals surface area contributed by atoms with E-state index in [4.69, 9.17) is 4.74 Å². The molecule has 0 spiro atoms. The number of nitrogens with zero attached hydrogens (tertiary/aromatic N) is 1. The number of carbonyl (C=O) groups is 2. The molecule has 1 saturated heterocycles. The Labute approximate surface area is 160 Å². The van der Waals surface area contributed by atoms with Crippen LogP contribution in [-0.4, -0.2) is 36.4 Å². The third-order valence-corrected chi connectivity index (χ3v) is 4.95. The van der Waals surface area contributed by atoms with Crippen molar-refractivity contribution in [2.24, 2.45) is 0 Å². The van der Waals surface area contributed by atoms with Gasteiger partial charge < -0.3 is 15.0 Å². The molecule has 0 aromatic heterocycles. The van der Waals surface area contributed by atoms with Gasteiger partial charge in [-0.15, -0.1) is 0 Å². The van der Waals surface area contributed by atoms with E-state index in [2.05, 4.69) is 11.4 Å². The first kappa shape index (κ1) is 19.0. The number of hydrogen-bond acceptors (Lipinski definition) is 3. The van der Waals surface area contributed by atoms with Crippen LogP contribution < -0.4 is 10.1 Å². The number of para-hydroxylation sites is 1. The fourth-order valence-electron chi connectivity index (χ4n) is 3.35. The molecule has 2 amide bonds. The van der Waals surface area contributed by atoms with Crippen molar-refractivity contribution in [1.82, 2.24) is 4.90 Å². The predicted molar refractivity (Wildman–Crippen MR) is 106 cm³/mol. The van der Waals surface area contributed by atoms with Crippen LogP contribution in [0.15, 0.2) is 36.4 Å². The zero-order valence-corrected chi connectivity index (χ0v) is 16.2. The molecule has 2 aromatic carbocycles. The number of amides is 2. The van der Waals surface area contributed by atoms with Gasteiger partial charge in [-0.3, -0.25) is 9.59 Å². The number of likely N-dealkylation sites (tertiary alicyclic amines) is 1. The molecule has 1 aliphatic rings. The van der Waals surface area contributed by atoms with Crippen LogP contribution in [0.25, 0.3) is 0 Å². The standard InChI is InChI=1S/C22H26N2O3/c1-15-12-16(2)17(3)20(13-15)27-14-21(25)23-19-9-5-4-8-18(19)22(26)24-10-6-7-11-24/h4-5,8-9,12-13H,6-7,10-11,14H2,1-3H3,(H,23,25). The second-order valence-electron chi connectivity index (χ2n) is 7.09. The van der Waals surface area contributed by atoms with Crippen molar-refractivity contribution in [1.29, 1.82) is 0 Å². The maximum atomic E-state index is 12.7. The molecule has 142 valence electrons. The number of hydrogen-bond donors (Lipinski definition) is 1. The van der Waals surface area contributed by atoms with Crippen LogP contribution in [0.1, 0.15) is 39.9 Å². The number of carbonyl (C=O) groups excluding carboxylic acids is 2. The van der Waals surface area contributed by atoms with E-state index in [0.29, 0.717) is 17.0 Å². The molecule has 5 nitrogen and oxygen atoms in total. The third kappa shape index (κ3) is 4.48. The van der Waals surface area contributed by atoms with Crippen molar-refractivity contribution in [3.8, 4) is 5.75 Å². The minimum atomic E-state index is -0.282. The van der Waals surface area contributed by atoms with E-state index in [1.807, 2.05) is 43.9 Å². The summed E-state index contributed by atoms with van der Waals surface area (Å²) in [6, 6.07) is 11.1. The van der Waals surface area contributed by atoms with Crippen LogP contribution in [-0.2, 0) is 4.79 Å². The highest BCUT2D eigenvalue weighted by Gasteiger charge is 2.22. The van der Waals surface area contributed by atoms with Gasteiger partial charge in [-0.1, -0.05) is 18.2 Å². The van der Waals surface area contributed by atoms with E-state index < -0.39 is 0 Å². The summed E-state index contributed by atoms with van der Waals surface area (Å²) in [6.45, 7) is 7.45. The number of benzene rings is 2. The zero-order valence-electron chi connectivity index (χ0n) is 16.2. The van der Waals surface area contributed by atoms with E-state index in [9.17, 15) is 9.59 Å². The molecular formula is C22H26N2O3. The van der Waals surface area contributed by atoms with Crippen LogP contribution in [0.3, 0.4) is 0 Å². The molecule has 1 fully saturated rings. The van der Waals surface area contributed by atoms with Crippen molar-refractivity contribution < 1.29 is 14.3 Å². The largest absolute Gasteiger partial charge is 0.483 e. The molecule has 0 radical (unpaired) electrons. The average Bonchev–Trinajstić information content (AvgIpc) is 3.18. The van der Waals surface area contributed by atoms with Crippen molar-refractivity contribution in [3.05, 3.63) is 58.7 Å². The van der Waals surface area contributed by atoms with Gasteiger partial charge in [0.15, 0.2) is 6.61 Å². The van der Waals surface area contributed by atoms with Crippen LogP contribution in [0.5, 0.6) is 5.75 Å². The number of anilines is 1. The van der Waals surface area contributed by atoms with Gasteiger partial charge in [-0.05, 0) is 68.5 Å². The molecule has 0 atom stereocenters. The molecular weight excluding hydrogens is 340 g/mol. The van der Waals surface area contributed by atoms with Gasteiger partial charge in [0.1, 0.15) is 5.75 Å². The molecule has 5 heteroatoms. The highest BCUT2D eigenvalue weighted by molar-refractivity contribution is 6.04. The monoisotopic (exact) mass is 366 g/mol. The second kappa shape index (κ2) is 8.25. The highest BCUT2D eigenvalue weighted by atomic mass is 16.5. The number of rotatable bonds is 5. The Balaban J connectivity index is 1.67. The Hall–Kier alpha value is -2.82. The summed E-state index contributed by atoms with van der Waals surface area (Å²) in [5.41, 5.74) is 4.30. The van der Waals surface area contributed by atoms with E-state index >= 15 is 0 Å². The van der Waals surface area contributed by atoms with E-state index in [1.54, 1.807) is 12.1 Å². The average molecular weight is 366 g/mol. The maximum Gasteiger partial charge on any atom is 0.262 e. The van der Waals surface area contributed by atoms with E-state index in [-0.39, 0.29) is 18.4 Å². The molecule has 0 saturated carbocycles. The Kier molecular flexibility index (Phi) is 5.79. The summed E-state index contributed by atoms with van der Waals surface area (Å²) in [7, 11) is 0. The van der Waals surface area contributed by atoms with Crippen molar-refractivity contribution in [3.63, 3.8) is 0 Å². The minimum absolute atomic E-state index is 0.0329. The molecule has 1 heterocycles. The first-order chi connectivity index (χ1) is 13.0. The highest BCUT2D eigenvalue weighted by Crippen LogP contribution is 2.24. The summed E-state index contributed by atoms with van der Waals surface area (Å²) < 4.78 is 5.73. The summed E-state index contributed by atoms with van der Waals surface area (Å²) in [6.07, 6.45) is 2.06. The lowest BCUT2D eigenvalue weighted by atomic mass is 10.1. The summed E-state index contributed by atoms with van der Waals surface area (Å²) in [5.74, 6) is 0.397. The maximum absolute atomic E-state index is 12.7. The lowest BCUT2D eigenvalue weighted by molar-refractivity contribution is -0.118. The molecule has 27 heavy (non-hydrogen) atoms. The Morgan fingerprint density at radius 1 is 1.07 bits per heavy atom. The lowest BCUT2D eigenvalue weighted by Gasteiger charge is -2.18. The van der Waals surface area contributed by atoms with Crippen LogP contribution in [0.4, 0.5) is 5.69 Å². The van der Waals surface area contributed by atoms with Gasteiger partial charge in [0.25, 0.3) is 11.8 Å². The van der Waals surface area contributed by atoms with Crippen LogP contribution >= 0.6 is 0 Å². The number of aryl methyl sites for hydroxylation is 2. The molecule has 3 rings (SSSR count). The van der Waals surface area contributed by atoms with Crippen molar-refractivity contribution in [2.45, 2.75) is 33.6 Å². The first-order valence-corrected chi connectivity index (χ1v) is 9.34. The minimum Gasteiger partial charge on any atom is -0.483 e. The SMILES string of the molecule is Cc1cc(C)c(C)c(OCC(=O)Nc2ccccc2C(=O)N2CCCC2)c1. The van der Waals surface area contributed by atoms with Crippen molar-refractivity contribution in [2.75, 3.05) is 25.0 Å². The van der Waals surface area contributed by atoms with E-state index in [1.165, 1.54) is 0 Å². The fourth-order valence-corrected chi connectivity index (χ4v) is 3.35. The smallest absolute Gasteiger partial charge is 0.262 e. The molecule has 0 bridgehead atoms. The molecule has 1 N–H and O–H groups in total. The van der Waals surface area contributed by atoms with Gasteiger partial charge in [0.2, 0.25) is 0 Å². The van der Waals surface area contributed by atoms with Gasteiger partial charge >= 0.3 is 0 Å². The molecule has 0 unspecified atom stereocenters. The summed E-state index contributed by atoms with van der Waals surface area (Å²) >= 11 is 0. The zero-order chi connectivity index (χ0) is 19.4. The number of nitrogens with one attached hydrogen (secondary N) is 1. The topological polar surface area (TPSA) is 58.6 Å². The Bertz CT molecular complexity index is 855. The Morgan fingerprint density at radius 2 is 1.78 bits per heavy atom. The Morgan fingerprint density at radius 3 is 2.52 bits per heavy atom. The van der Waals surface area contributed by atoms with Crippen LogP contribution in [0, 0.1) is 20.8 Å². The predicted octanol–water partition coefficient (Wildman–Crippen LogP) is 3.87. The fraction of sp³-hybridized carbons (Fsp3) is 0.364. The quantitative estimate of drug-likeness (QED) is 0.874. The molecule has 2 aromatic rings. The van der Waals surface area contributed by atoms with Gasteiger partial charge in [-0.2, -0.15) is 0 Å².